The molecule has 0 unspecified atom stereocenters. The molecule has 0 spiro atoms. The highest BCUT2D eigenvalue weighted by atomic mass is 79.9. The van der Waals surface area contributed by atoms with Crippen LogP contribution in [-0.2, 0) is 4.74 Å². The van der Waals surface area contributed by atoms with Gasteiger partial charge in [-0.2, -0.15) is 0 Å². The second kappa shape index (κ2) is 8.53. The van der Waals surface area contributed by atoms with Crippen LogP contribution in [0.15, 0.2) is 40.9 Å². The molecule has 0 aliphatic carbocycles. The summed E-state index contributed by atoms with van der Waals surface area (Å²) >= 11 is 3.38. The van der Waals surface area contributed by atoms with Gasteiger partial charge in [-0.3, -0.25) is 4.79 Å². The van der Waals surface area contributed by atoms with E-state index in [2.05, 4.69) is 26.0 Å². The first-order chi connectivity index (χ1) is 12.0. The Kier molecular flexibility index (Phi) is 6.41. The zero-order valence-electron chi connectivity index (χ0n) is 14.1. The Morgan fingerprint density at radius 1 is 1.08 bits per heavy atom. The number of halogens is 1. The number of hydrogen-bond donors (Lipinski definition) is 1. The minimum atomic E-state index is -0.432. The number of carbonyl (C=O) groups is 2. The zero-order valence-corrected chi connectivity index (χ0v) is 15.7. The second-order valence-corrected chi connectivity index (χ2v) is 5.80. The molecule has 1 amide bonds. The van der Waals surface area contributed by atoms with Gasteiger partial charge in [-0.25, -0.2) is 4.79 Å². The fraction of sp³-hybridized carbons (Fsp3) is 0.222. The summed E-state index contributed by atoms with van der Waals surface area (Å²) in [6, 6.07) is 9.69. The van der Waals surface area contributed by atoms with Crippen molar-refractivity contribution in [1.29, 1.82) is 0 Å². The average Bonchev–Trinajstić information content (AvgIpc) is 2.61. The van der Waals surface area contributed by atoms with Crippen molar-refractivity contribution in [1.82, 2.24) is 0 Å². The average molecular weight is 408 g/mol. The van der Waals surface area contributed by atoms with E-state index in [4.69, 9.17) is 9.47 Å². The standard InChI is InChI=1S/C18H18BrNO5/c1-4-25-15-10-12(9-14(19)16(15)23-2)17(21)20-13-7-5-11(6-8-13)18(22)24-3/h5-10H,4H2,1-3H3,(H,20,21). The number of esters is 1. The highest BCUT2D eigenvalue weighted by Gasteiger charge is 2.16. The van der Waals surface area contributed by atoms with Gasteiger partial charge in [-0.1, -0.05) is 0 Å². The van der Waals surface area contributed by atoms with Gasteiger partial charge < -0.3 is 19.5 Å². The van der Waals surface area contributed by atoms with Crippen LogP contribution in [0.1, 0.15) is 27.6 Å². The molecule has 2 rings (SSSR count). The minimum absolute atomic E-state index is 0.310. The van der Waals surface area contributed by atoms with Crippen molar-refractivity contribution in [2.24, 2.45) is 0 Å². The summed E-state index contributed by atoms with van der Waals surface area (Å²) in [5, 5.41) is 2.77. The quantitative estimate of drug-likeness (QED) is 0.735. The number of carbonyl (C=O) groups excluding carboxylic acids is 2. The molecule has 25 heavy (non-hydrogen) atoms. The van der Waals surface area contributed by atoms with Gasteiger partial charge in [0, 0.05) is 11.3 Å². The first kappa shape index (κ1) is 18.8. The lowest BCUT2D eigenvalue weighted by atomic mass is 10.1. The smallest absolute Gasteiger partial charge is 0.337 e. The lowest BCUT2D eigenvalue weighted by molar-refractivity contribution is 0.0600. The first-order valence-electron chi connectivity index (χ1n) is 7.50. The summed E-state index contributed by atoms with van der Waals surface area (Å²) in [5.74, 6) is 0.264. The topological polar surface area (TPSA) is 73.9 Å². The molecule has 0 heterocycles. The normalized spacial score (nSPS) is 10.1. The van der Waals surface area contributed by atoms with Crippen LogP contribution in [0.3, 0.4) is 0 Å². The van der Waals surface area contributed by atoms with Gasteiger partial charge in [0.25, 0.3) is 5.91 Å². The number of anilines is 1. The lowest BCUT2D eigenvalue weighted by Crippen LogP contribution is -2.13. The Morgan fingerprint density at radius 3 is 2.32 bits per heavy atom. The maximum atomic E-state index is 12.5. The molecule has 0 radical (unpaired) electrons. The predicted octanol–water partition coefficient (Wildman–Crippen LogP) is 3.90. The van der Waals surface area contributed by atoms with Crippen LogP contribution in [0.25, 0.3) is 0 Å². The molecule has 0 atom stereocenters. The number of hydrogen-bond acceptors (Lipinski definition) is 5. The van der Waals surface area contributed by atoms with Gasteiger partial charge in [-0.05, 0) is 59.3 Å². The molecule has 0 aliphatic rings. The number of rotatable bonds is 6. The lowest BCUT2D eigenvalue weighted by Gasteiger charge is -2.13. The Bertz CT molecular complexity index is 774. The Labute approximate surface area is 154 Å². The molecule has 132 valence electrons. The third kappa shape index (κ3) is 4.51. The first-order valence-corrected chi connectivity index (χ1v) is 8.29. The van der Waals surface area contributed by atoms with E-state index < -0.39 is 5.97 Å². The van der Waals surface area contributed by atoms with Gasteiger partial charge in [0.05, 0.1) is 30.9 Å². The van der Waals surface area contributed by atoms with Gasteiger partial charge in [0.1, 0.15) is 0 Å². The molecule has 6 nitrogen and oxygen atoms in total. The third-order valence-corrected chi connectivity index (χ3v) is 3.93. The van der Waals surface area contributed by atoms with Crippen molar-refractivity contribution in [2.75, 3.05) is 26.1 Å². The SMILES string of the molecule is CCOc1cc(C(=O)Nc2ccc(C(=O)OC)cc2)cc(Br)c1OC. The predicted molar refractivity (Wildman–Crippen MR) is 97.6 cm³/mol. The molecule has 0 aliphatic heterocycles. The monoisotopic (exact) mass is 407 g/mol. The highest BCUT2D eigenvalue weighted by molar-refractivity contribution is 9.10. The fourth-order valence-corrected chi connectivity index (χ4v) is 2.77. The molecule has 0 fully saturated rings. The van der Waals surface area contributed by atoms with Crippen LogP contribution in [0.2, 0.25) is 0 Å². The van der Waals surface area contributed by atoms with Crippen LogP contribution in [-0.4, -0.2) is 32.7 Å². The summed E-state index contributed by atoms with van der Waals surface area (Å²) in [4.78, 5) is 23.9. The summed E-state index contributed by atoms with van der Waals surface area (Å²) in [7, 11) is 2.85. The molecule has 2 aromatic carbocycles. The van der Waals surface area contributed by atoms with Gasteiger partial charge in [0.15, 0.2) is 11.5 Å². The van der Waals surface area contributed by atoms with Crippen LogP contribution < -0.4 is 14.8 Å². The van der Waals surface area contributed by atoms with Gasteiger partial charge >= 0.3 is 5.97 Å². The molecular weight excluding hydrogens is 390 g/mol. The molecule has 7 heteroatoms. The van der Waals surface area contributed by atoms with Gasteiger partial charge in [0.2, 0.25) is 0 Å². The summed E-state index contributed by atoms with van der Waals surface area (Å²) in [5.41, 5.74) is 1.38. The van der Waals surface area contributed by atoms with E-state index >= 15 is 0 Å². The Morgan fingerprint density at radius 2 is 1.76 bits per heavy atom. The second-order valence-electron chi connectivity index (χ2n) is 4.95. The van der Waals surface area contributed by atoms with Crippen molar-refractivity contribution in [3.8, 4) is 11.5 Å². The maximum Gasteiger partial charge on any atom is 0.337 e. The van der Waals surface area contributed by atoms with Crippen LogP contribution in [0, 0.1) is 0 Å². The number of nitrogens with one attached hydrogen (secondary N) is 1. The van der Waals surface area contributed by atoms with E-state index in [1.807, 2.05) is 6.92 Å². The Hall–Kier alpha value is -2.54. The summed E-state index contributed by atoms with van der Waals surface area (Å²) < 4.78 is 16.1. The van der Waals surface area contributed by atoms with Gasteiger partial charge in [-0.15, -0.1) is 0 Å². The van der Waals surface area contributed by atoms with Crippen LogP contribution >= 0.6 is 15.9 Å². The highest BCUT2D eigenvalue weighted by Crippen LogP contribution is 2.36. The molecular formula is C18H18BrNO5. The van der Waals surface area contributed by atoms with Crippen molar-refractivity contribution in [3.63, 3.8) is 0 Å². The number of amides is 1. The van der Waals surface area contributed by atoms with E-state index in [-0.39, 0.29) is 5.91 Å². The summed E-state index contributed by atoms with van der Waals surface area (Å²) in [6.07, 6.45) is 0. The number of benzene rings is 2. The molecule has 0 saturated carbocycles. The van der Waals surface area contributed by atoms with E-state index in [1.165, 1.54) is 14.2 Å². The van der Waals surface area contributed by atoms with Crippen molar-refractivity contribution < 1.29 is 23.8 Å². The molecule has 0 saturated heterocycles. The third-order valence-electron chi connectivity index (χ3n) is 3.34. The minimum Gasteiger partial charge on any atom is -0.492 e. The van der Waals surface area contributed by atoms with E-state index in [0.717, 1.165) is 0 Å². The maximum absolute atomic E-state index is 12.5. The van der Waals surface area contributed by atoms with Crippen LogP contribution in [0.4, 0.5) is 5.69 Å². The van der Waals surface area contributed by atoms with Crippen molar-refractivity contribution in [3.05, 3.63) is 52.0 Å². The Balaban J connectivity index is 2.21. The molecule has 0 bridgehead atoms. The van der Waals surface area contributed by atoms with Crippen molar-refractivity contribution >= 4 is 33.5 Å². The largest absolute Gasteiger partial charge is 0.492 e. The number of methoxy groups -OCH3 is 2. The molecule has 1 N–H and O–H groups in total. The summed E-state index contributed by atoms with van der Waals surface area (Å²) in [6.45, 7) is 2.30. The van der Waals surface area contributed by atoms with Crippen molar-refractivity contribution in [2.45, 2.75) is 6.92 Å². The van der Waals surface area contributed by atoms with E-state index in [0.29, 0.717) is 39.4 Å². The van der Waals surface area contributed by atoms with E-state index in [1.54, 1.807) is 36.4 Å². The van der Waals surface area contributed by atoms with E-state index in [9.17, 15) is 9.59 Å². The zero-order chi connectivity index (χ0) is 18.4. The number of ether oxygens (including phenoxy) is 3. The molecule has 2 aromatic rings. The fourth-order valence-electron chi connectivity index (χ4n) is 2.17. The molecule has 0 aromatic heterocycles. The van der Waals surface area contributed by atoms with Crippen LogP contribution in [0.5, 0.6) is 11.5 Å².